The number of carboxylic acids is 1. The molecule has 4 N–H and O–H groups in total. The van der Waals surface area contributed by atoms with Crippen molar-refractivity contribution < 1.29 is 33.8 Å². The van der Waals surface area contributed by atoms with Crippen LogP contribution >= 0.6 is 11.8 Å². The van der Waals surface area contributed by atoms with Gasteiger partial charge in [0.25, 0.3) is 0 Å². The van der Waals surface area contributed by atoms with E-state index in [4.69, 9.17) is 15.6 Å². The molecule has 0 aromatic carbocycles. The number of hydrogen-bond donors (Lipinski definition) is 3. The monoisotopic (exact) mass is 334 g/mol. The zero-order chi connectivity index (χ0) is 17.3. The molecule has 0 bridgehead atoms. The van der Waals surface area contributed by atoms with E-state index in [9.17, 15) is 24.0 Å². The Morgan fingerprint density at radius 1 is 1.23 bits per heavy atom. The van der Waals surface area contributed by atoms with Crippen LogP contribution in [-0.2, 0) is 28.7 Å². The Kier molecular flexibility index (Phi) is 8.83. The van der Waals surface area contributed by atoms with Crippen molar-refractivity contribution in [1.29, 1.82) is 0 Å². The second kappa shape index (κ2) is 9.77. The van der Waals surface area contributed by atoms with Gasteiger partial charge in [0.2, 0.25) is 11.8 Å². The SMILES string of the molecule is CC(=O)OCC(CSC(C)=O)C(=O)N[C@@H](CC(N)=O)C(=O)O. The van der Waals surface area contributed by atoms with E-state index in [-0.39, 0.29) is 17.5 Å². The van der Waals surface area contributed by atoms with Gasteiger partial charge >= 0.3 is 11.9 Å². The molecule has 22 heavy (non-hydrogen) atoms. The third-order valence-corrected chi connectivity index (χ3v) is 3.34. The fraction of sp³-hybridized carbons (Fsp3) is 0.583. The van der Waals surface area contributed by atoms with Crippen LogP contribution in [0.2, 0.25) is 0 Å². The Hall–Kier alpha value is -2.10. The Morgan fingerprint density at radius 2 is 1.82 bits per heavy atom. The minimum Gasteiger partial charge on any atom is -0.480 e. The lowest BCUT2D eigenvalue weighted by Gasteiger charge is -2.19. The Labute approximate surface area is 130 Å². The van der Waals surface area contributed by atoms with E-state index < -0.39 is 42.1 Å². The van der Waals surface area contributed by atoms with Crippen LogP contribution < -0.4 is 11.1 Å². The molecule has 0 saturated heterocycles. The van der Waals surface area contributed by atoms with Gasteiger partial charge < -0.3 is 20.9 Å². The highest BCUT2D eigenvalue weighted by atomic mass is 32.2. The normalized spacial score (nSPS) is 12.8. The van der Waals surface area contributed by atoms with E-state index in [1.807, 2.05) is 0 Å². The second-order valence-corrected chi connectivity index (χ2v) is 5.57. The summed E-state index contributed by atoms with van der Waals surface area (Å²) in [6, 6.07) is -1.48. The largest absolute Gasteiger partial charge is 0.480 e. The molecular formula is C12H18N2O7S. The lowest BCUT2D eigenvalue weighted by Crippen LogP contribution is -2.47. The highest BCUT2D eigenvalue weighted by Crippen LogP contribution is 2.11. The number of rotatable bonds is 9. The first-order valence-corrected chi connectivity index (χ1v) is 7.20. The number of aliphatic carboxylic acids is 1. The van der Waals surface area contributed by atoms with Crippen molar-refractivity contribution in [2.75, 3.05) is 12.4 Å². The van der Waals surface area contributed by atoms with Crippen molar-refractivity contribution in [1.82, 2.24) is 5.32 Å². The number of thioether (sulfide) groups is 1. The van der Waals surface area contributed by atoms with Crippen LogP contribution in [-0.4, -0.2) is 52.4 Å². The van der Waals surface area contributed by atoms with Gasteiger partial charge in [0.1, 0.15) is 12.6 Å². The van der Waals surface area contributed by atoms with E-state index in [0.29, 0.717) is 0 Å². The van der Waals surface area contributed by atoms with Crippen LogP contribution in [0.15, 0.2) is 0 Å². The topological polar surface area (TPSA) is 153 Å². The first-order valence-electron chi connectivity index (χ1n) is 6.21. The van der Waals surface area contributed by atoms with Gasteiger partial charge in [-0.3, -0.25) is 19.2 Å². The molecule has 0 radical (unpaired) electrons. The van der Waals surface area contributed by atoms with E-state index in [0.717, 1.165) is 18.7 Å². The van der Waals surface area contributed by atoms with Crippen molar-refractivity contribution in [3.05, 3.63) is 0 Å². The molecule has 124 valence electrons. The van der Waals surface area contributed by atoms with Crippen LogP contribution in [0, 0.1) is 5.92 Å². The van der Waals surface area contributed by atoms with Gasteiger partial charge in [-0.2, -0.15) is 0 Å². The number of nitrogens with one attached hydrogen (secondary N) is 1. The van der Waals surface area contributed by atoms with Gasteiger partial charge in [-0.15, -0.1) is 0 Å². The highest BCUT2D eigenvalue weighted by molar-refractivity contribution is 8.13. The molecule has 0 aromatic rings. The molecule has 0 rings (SSSR count). The molecule has 1 unspecified atom stereocenters. The maximum atomic E-state index is 12.0. The molecular weight excluding hydrogens is 316 g/mol. The molecule has 0 fully saturated rings. The summed E-state index contributed by atoms with van der Waals surface area (Å²) >= 11 is 0.839. The number of nitrogens with two attached hydrogens (primary N) is 1. The molecule has 0 aromatic heterocycles. The molecule has 9 nitrogen and oxygen atoms in total. The summed E-state index contributed by atoms with van der Waals surface area (Å²) in [7, 11) is 0. The molecule has 10 heteroatoms. The highest BCUT2D eigenvalue weighted by Gasteiger charge is 2.27. The van der Waals surface area contributed by atoms with Gasteiger partial charge in [-0.05, 0) is 0 Å². The van der Waals surface area contributed by atoms with Gasteiger partial charge in [0, 0.05) is 19.6 Å². The number of carbonyl (C=O) groups excluding carboxylic acids is 4. The van der Waals surface area contributed by atoms with E-state index >= 15 is 0 Å². The van der Waals surface area contributed by atoms with Crippen molar-refractivity contribution in [3.63, 3.8) is 0 Å². The Balaban J connectivity index is 4.82. The number of carbonyl (C=O) groups is 5. The van der Waals surface area contributed by atoms with E-state index in [1.54, 1.807) is 0 Å². The summed E-state index contributed by atoms with van der Waals surface area (Å²) in [5.41, 5.74) is 4.91. The average molecular weight is 334 g/mol. The quantitative estimate of drug-likeness (QED) is 0.449. The van der Waals surface area contributed by atoms with Gasteiger partial charge in [0.15, 0.2) is 5.12 Å². The molecule has 0 spiro atoms. The van der Waals surface area contributed by atoms with Gasteiger partial charge in [0.05, 0.1) is 12.3 Å². The smallest absolute Gasteiger partial charge is 0.326 e. The molecule has 2 amide bonds. The van der Waals surface area contributed by atoms with Crippen LogP contribution in [0.3, 0.4) is 0 Å². The van der Waals surface area contributed by atoms with Crippen molar-refractivity contribution in [3.8, 4) is 0 Å². The fourth-order valence-corrected chi connectivity index (χ4v) is 2.01. The van der Waals surface area contributed by atoms with E-state index in [2.05, 4.69) is 5.32 Å². The molecule has 2 atom stereocenters. The molecule has 0 heterocycles. The minimum absolute atomic E-state index is 0.0113. The molecule has 0 aliphatic rings. The number of primary amides is 1. The lowest BCUT2D eigenvalue weighted by molar-refractivity contribution is -0.146. The minimum atomic E-state index is -1.48. The zero-order valence-electron chi connectivity index (χ0n) is 12.2. The van der Waals surface area contributed by atoms with Crippen LogP contribution in [0.25, 0.3) is 0 Å². The third kappa shape index (κ3) is 8.95. The van der Waals surface area contributed by atoms with Crippen LogP contribution in [0.4, 0.5) is 0 Å². The number of esters is 1. The first-order chi connectivity index (χ1) is 10.1. The van der Waals surface area contributed by atoms with Gasteiger partial charge in [-0.1, -0.05) is 11.8 Å². The summed E-state index contributed by atoms with van der Waals surface area (Å²) in [5, 5.41) is 10.8. The Bertz CT molecular complexity index is 448. The summed E-state index contributed by atoms with van der Waals surface area (Å²) in [5.74, 6) is -4.58. The summed E-state index contributed by atoms with van der Waals surface area (Å²) in [6.45, 7) is 2.16. The summed E-state index contributed by atoms with van der Waals surface area (Å²) in [6.07, 6.45) is -0.568. The number of amides is 2. The van der Waals surface area contributed by atoms with Crippen molar-refractivity contribution >= 4 is 40.6 Å². The number of ether oxygens (including phenoxy) is 1. The van der Waals surface area contributed by atoms with Crippen molar-refractivity contribution in [2.24, 2.45) is 11.7 Å². The average Bonchev–Trinajstić information content (AvgIpc) is 2.36. The number of carboxylic acid groups (broad SMARTS) is 1. The predicted octanol–water partition coefficient (Wildman–Crippen LogP) is -1.11. The fourth-order valence-electron chi connectivity index (χ4n) is 1.33. The second-order valence-electron chi connectivity index (χ2n) is 4.37. The predicted molar refractivity (Wildman–Crippen MR) is 76.6 cm³/mol. The van der Waals surface area contributed by atoms with Gasteiger partial charge in [-0.25, -0.2) is 4.79 Å². The van der Waals surface area contributed by atoms with Crippen LogP contribution in [0.1, 0.15) is 20.3 Å². The maximum absolute atomic E-state index is 12.0. The number of hydrogen-bond acceptors (Lipinski definition) is 7. The molecule has 0 aliphatic heterocycles. The lowest BCUT2D eigenvalue weighted by atomic mass is 10.1. The summed E-state index contributed by atoms with van der Waals surface area (Å²) < 4.78 is 4.72. The summed E-state index contributed by atoms with van der Waals surface area (Å²) in [4.78, 5) is 55.5. The standard InChI is InChI=1S/C12H18N2O7S/c1-6(15)21-4-8(5-22-7(2)16)11(18)14-9(12(19)20)3-10(13)17/h8-9H,3-5H2,1-2H3,(H2,13,17)(H,14,18)(H,19,20)/t8?,9-/m0/s1. The molecule has 0 saturated carbocycles. The van der Waals surface area contributed by atoms with Crippen molar-refractivity contribution in [2.45, 2.75) is 26.3 Å². The van der Waals surface area contributed by atoms with Crippen LogP contribution in [0.5, 0.6) is 0 Å². The Morgan fingerprint density at radius 3 is 2.23 bits per heavy atom. The maximum Gasteiger partial charge on any atom is 0.326 e. The van der Waals surface area contributed by atoms with E-state index in [1.165, 1.54) is 6.92 Å². The third-order valence-electron chi connectivity index (χ3n) is 2.37. The molecule has 0 aliphatic carbocycles. The zero-order valence-corrected chi connectivity index (χ0v) is 13.0. The first kappa shape index (κ1) is 19.9.